The van der Waals surface area contributed by atoms with Crippen LogP contribution in [0.1, 0.15) is 22.3 Å². The van der Waals surface area contributed by atoms with Gasteiger partial charge in [-0.2, -0.15) is 0 Å². The molecule has 0 saturated carbocycles. The zero-order chi connectivity index (χ0) is 24.6. The van der Waals surface area contributed by atoms with Gasteiger partial charge < -0.3 is 4.74 Å². The SMILES string of the molecule is COc1ccc(Cl)c2sc(NNC(=O)c3ccc(S(=O)(=O)N4CCCc5ccccc54)cc3)nc12. The Morgan fingerprint density at radius 3 is 2.66 bits per heavy atom. The van der Waals surface area contributed by atoms with E-state index in [-0.39, 0.29) is 4.90 Å². The molecule has 0 unspecified atom stereocenters. The fraction of sp³-hybridized carbons (Fsp3) is 0.167. The largest absolute Gasteiger partial charge is 0.494 e. The number of anilines is 2. The molecule has 4 aromatic rings. The number of amides is 1. The fourth-order valence-corrected chi connectivity index (χ4v) is 6.66. The molecule has 0 atom stereocenters. The van der Waals surface area contributed by atoms with Crippen LogP contribution >= 0.6 is 22.9 Å². The quantitative estimate of drug-likeness (QED) is 0.347. The number of carbonyl (C=O) groups is 1. The van der Waals surface area contributed by atoms with E-state index in [4.69, 9.17) is 16.3 Å². The number of benzene rings is 3. The normalized spacial score (nSPS) is 13.4. The molecule has 0 bridgehead atoms. The van der Waals surface area contributed by atoms with Crippen LogP contribution in [0.3, 0.4) is 0 Å². The van der Waals surface area contributed by atoms with Crippen molar-refractivity contribution in [1.82, 2.24) is 10.4 Å². The Labute approximate surface area is 211 Å². The van der Waals surface area contributed by atoms with Crippen LogP contribution in [0.25, 0.3) is 10.2 Å². The number of halogens is 1. The molecule has 0 fully saturated rings. The maximum atomic E-state index is 13.3. The van der Waals surface area contributed by atoms with E-state index < -0.39 is 15.9 Å². The minimum Gasteiger partial charge on any atom is -0.494 e. The first-order valence-corrected chi connectivity index (χ1v) is 13.4. The van der Waals surface area contributed by atoms with Crippen molar-refractivity contribution in [3.8, 4) is 5.75 Å². The molecule has 0 radical (unpaired) electrons. The minimum absolute atomic E-state index is 0.131. The third kappa shape index (κ3) is 4.40. The Balaban J connectivity index is 1.31. The maximum Gasteiger partial charge on any atom is 0.269 e. The molecule has 2 heterocycles. The van der Waals surface area contributed by atoms with E-state index in [9.17, 15) is 13.2 Å². The lowest BCUT2D eigenvalue weighted by Gasteiger charge is -2.30. The van der Waals surface area contributed by atoms with Gasteiger partial charge in [-0.1, -0.05) is 41.1 Å². The predicted molar refractivity (Wildman–Crippen MR) is 138 cm³/mol. The maximum absolute atomic E-state index is 13.3. The van der Waals surface area contributed by atoms with Crippen LogP contribution in [-0.2, 0) is 16.4 Å². The van der Waals surface area contributed by atoms with Gasteiger partial charge in [-0.05, 0) is 60.9 Å². The molecular formula is C24H21ClN4O4S2. The highest BCUT2D eigenvalue weighted by Gasteiger charge is 2.29. The molecule has 1 aliphatic rings. The standard InChI is InChI=1S/C24H21ClN4O4S2/c1-33-20-13-12-18(25)22-21(20)26-24(34-22)28-27-23(30)16-8-10-17(11-9-16)35(31,32)29-14-4-6-15-5-2-3-7-19(15)29/h2-3,5,7-13H,4,6,14H2,1H3,(H,26,28)(H,27,30). The van der Waals surface area contributed by atoms with Gasteiger partial charge in [0.1, 0.15) is 11.3 Å². The summed E-state index contributed by atoms with van der Waals surface area (Å²) >= 11 is 7.51. The van der Waals surface area contributed by atoms with Gasteiger partial charge in [-0.25, -0.2) is 13.4 Å². The van der Waals surface area contributed by atoms with Gasteiger partial charge in [0.2, 0.25) is 5.13 Å². The monoisotopic (exact) mass is 528 g/mol. The molecule has 1 aromatic heterocycles. The number of para-hydroxylation sites is 1. The van der Waals surface area contributed by atoms with Gasteiger partial charge in [0.05, 0.1) is 27.4 Å². The number of hydrogen-bond acceptors (Lipinski definition) is 7. The van der Waals surface area contributed by atoms with E-state index in [1.807, 2.05) is 24.3 Å². The highest BCUT2D eigenvalue weighted by molar-refractivity contribution is 7.92. The van der Waals surface area contributed by atoms with Crippen molar-refractivity contribution < 1.29 is 17.9 Å². The summed E-state index contributed by atoms with van der Waals surface area (Å²) in [5.74, 6) is 0.141. The highest BCUT2D eigenvalue weighted by Crippen LogP contribution is 2.37. The molecule has 1 aliphatic heterocycles. The van der Waals surface area contributed by atoms with Crippen LogP contribution in [-0.4, -0.2) is 33.0 Å². The first-order valence-electron chi connectivity index (χ1n) is 10.8. The number of aryl methyl sites for hydroxylation is 1. The van der Waals surface area contributed by atoms with Crippen LogP contribution in [0, 0.1) is 0 Å². The Bertz CT molecular complexity index is 1520. The van der Waals surface area contributed by atoms with E-state index in [1.54, 1.807) is 19.2 Å². The summed E-state index contributed by atoms with van der Waals surface area (Å²) in [6.07, 6.45) is 1.60. The van der Waals surface area contributed by atoms with Crippen molar-refractivity contribution in [3.05, 3.63) is 76.8 Å². The lowest BCUT2D eigenvalue weighted by Crippen LogP contribution is -2.35. The summed E-state index contributed by atoms with van der Waals surface area (Å²) in [6.45, 7) is 0.419. The molecule has 35 heavy (non-hydrogen) atoms. The Hall–Kier alpha value is -3.34. The van der Waals surface area contributed by atoms with Gasteiger partial charge in [-0.3, -0.25) is 20.0 Å². The number of fused-ring (bicyclic) bond motifs is 2. The number of nitrogens with one attached hydrogen (secondary N) is 2. The van der Waals surface area contributed by atoms with Gasteiger partial charge in [0.25, 0.3) is 15.9 Å². The second-order valence-corrected chi connectivity index (χ2v) is 11.1. The number of hydrogen-bond donors (Lipinski definition) is 2. The van der Waals surface area contributed by atoms with Crippen LogP contribution < -0.4 is 19.9 Å². The smallest absolute Gasteiger partial charge is 0.269 e. The van der Waals surface area contributed by atoms with Gasteiger partial charge in [0.15, 0.2) is 0 Å². The number of thiazole rings is 1. The summed E-state index contributed by atoms with van der Waals surface area (Å²) in [6, 6.07) is 16.8. The third-order valence-corrected chi connectivity index (χ3v) is 8.99. The molecule has 1 amide bonds. The van der Waals surface area contributed by atoms with Gasteiger partial charge >= 0.3 is 0 Å². The molecule has 5 rings (SSSR count). The number of sulfonamides is 1. The molecule has 3 aromatic carbocycles. The topological polar surface area (TPSA) is 101 Å². The first-order chi connectivity index (χ1) is 16.9. The number of hydrazine groups is 1. The third-order valence-electron chi connectivity index (χ3n) is 5.73. The van der Waals surface area contributed by atoms with Crippen LogP contribution in [0.2, 0.25) is 5.02 Å². The average Bonchev–Trinajstić information content (AvgIpc) is 3.32. The Kier molecular flexibility index (Phi) is 6.26. The van der Waals surface area contributed by atoms with E-state index in [0.717, 1.165) is 23.1 Å². The van der Waals surface area contributed by atoms with E-state index >= 15 is 0 Å². The second-order valence-electron chi connectivity index (χ2n) is 7.86. The molecule has 0 spiro atoms. The van der Waals surface area contributed by atoms with E-state index in [0.29, 0.717) is 39.2 Å². The van der Waals surface area contributed by atoms with Gasteiger partial charge in [-0.15, -0.1) is 0 Å². The Morgan fingerprint density at radius 1 is 1.11 bits per heavy atom. The van der Waals surface area contributed by atoms with Gasteiger partial charge in [0, 0.05) is 12.1 Å². The van der Waals surface area contributed by atoms with Crippen molar-refractivity contribution in [2.75, 3.05) is 23.4 Å². The summed E-state index contributed by atoms with van der Waals surface area (Å²) in [4.78, 5) is 17.2. The zero-order valence-electron chi connectivity index (χ0n) is 18.6. The van der Waals surface area contributed by atoms with E-state index in [1.165, 1.54) is 39.9 Å². The van der Waals surface area contributed by atoms with Crippen molar-refractivity contribution in [2.24, 2.45) is 0 Å². The van der Waals surface area contributed by atoms with Crippen molar-refractivity contribution >= 4 is 59.9 Å². The summed E-state index contributed by atoms with van der Waals surface area (Å²) in [5.41, 5.74) is 7.98. The molecule has 2 N–H and O–H groups in total. The van der Waals surface area contributed by atoms with Crippen LogP contribution in [0.5, 0.6) is 5.75 Å². The number of ether oxygens (including phenoxy) is 1. The van der Waals surface area contributed by atoms with Crippen LogP contribution in [0.4, 0.5) is 10.8 Å². The number of methoxy groups -OCH3 is 1. The minimum atomic E-state index is -3.75. The summed E-state index contributed by atoms with van der Waals surface area (Å²) in [5, 5.41) is 0.966. The van der Waals surface area contributed by atoms with Crippen molar-refractivity contribution in [2.45, 2.75) is 17.7 Å². The van der Waals surface area contributed by atoms with Crippen molar-refractivity contribution in [3.63, 3.8) is 0 Å². The lowest BCUT2D eigenvalue weighted by molar-refractivity contribution is 0.0962. The zero-order valence-corrected chi connectivity index (χ0v) is 21.0. The lowest BCUT2D eigenvalue weighted by atomic mass is 10.0. The number of nitrogens with zero attached hydrogens (tertiary/aromatic N) is 2. The Morgan fingerprint density at radius 2 is 1.89 bits per heavy atom. The number of aromatic nitrogens is 1. The molecule has 8 nitrogen and oxygen atoms in total. The number of rotatable bonds is 6. The molecule has 0 aliphatic carbocycles. The average molecular weight is 529 g/mol. The predicted octanol–water partition coefficient (Wildman–Crippen LogP) is 4.86. The number of carbonyl (C=O) groups excluding carboxylic acids is 1. The summed E-state index contributed by atoms with van der Waals surface area (Å²) in [7, 11) is -2.20. The van der Waals surface area contributed by atoms with E-state index in [2.05, 4.69) is 15.8 Å². The molecule has 180 valence electrons. The molecule has 0 saturated heterocycles. The second kappa shape index (κ2) is 9.37. The highest BCUT2D eigenvalue weighted by atomic mass is 35.5. The molecule has 11 heteroatoms. The summed E-state index contributed by atoms with van der Waals surface area (Å²) < 4.78 is 34.1. The first kappa shape index (κ1) is 23.4. The molecular weight excluding hydrogens is 508 g/mol. The van der Waals surface area contributed by atoms with Crippen molar-refractivity contribution in [1.29, 1.82) is 0 Å². The van der Waals surface area contributed by atoms with Crippen LogP contribution in [0.15, 0.2) is 65.6 Å². The fourth-order valence-electron chi connectivity index (χ4n) is 4.01.